The van der Waals surface area contributed by atoms with Crippen molar-refractivity contribution in [1.29, 1.82) is 0 Å². The quantitative estimate of drug-likeness (QED) is 0.615. The highest BCUT2D eigenvalue weighted by molar-refractivity contribution is 5.91. The number of carbonyl (C=O) groups excluding carboxylic acids is 1. The van der Waals surface area contributed by atoms with Crippen molar-refractivity contribution < 1.29 is 9.18 Å². The predicted molar refractivity (Wildman–Crippen MR) is 128 cm³/mol. The highest BCUT2D eigenvalue weighted by Gasteiger charge is 2.53. The Morgan fingerprint density at radius 2 is 2.09 bits per heavy atom. The summed E-state index contributed by atoms with van der Waals surface area (Å²) in [6, 6.07) is 8.28. The molecule has 2 fully saturated rings. The van der Waals surface area contributed by atoms with Gasteiger partial charge < -0.3 is 15.5 Å². The summed E-state index contributed by atoms with van der Waals surface area (Å²) in [5.74, 6) is 0.634. The minimum absolute atomic E-state index is 0. The van der Waals surface area contributed by atoms with Crippen LogP contribution in [0.1, 0.15) is 49.0 Å². The third kappa shape index (κ3) is 4.06. The Morgan fingerprint density at radius 3 is 2.73 bits per heavy atom. The molecule has 0 spiro atoms. The van der Waals surface area contributed by atoms with Gasteiger partial charge in [0.15, 0.2) is 5.65 Å². The van der Waals surface area contributed by atoms with E-state index in [9.17, 15) is 9.18 Å². The van der Waals surface area contributed by atoms with Crippen LogP contribution < -0.4 is 10.6 Å². The van der Waals surface area contributed by atoms with Crippen molar-refractivity contribution in [2.45, 2.75) is 50.6 Å². The van der Waals surface area contributed by atoms with E-state index in [4.69, 9.17) is 15.8 Å². The molecule has 1 saturated heterocycles. The number of hydrogen-bond donors (Lipinski definition) is 1. The van der Waals surface area contributed by atoms with Crippen LogP contribution in [0.4, 0.5) is 10.2 Å². The zero-order valence-electron chi connectivity index (χ0n) is 19.2. The van der Waals surface area contributed by atoms with Crippen LogP contribution in [-0.4, -0.2) is 51.6 Å². The number of benzene rings is 1. The van der Waals surface area contributed by atoms with Gasteiger partial charge in [0.25, 0.3) is 0 Å². The molecule has 1 aliphatic carbocycles. The summed E-state index contributed by atoms with van der Waals surface area (Å²) in [6.45, 7) is 5.71. The maximum Gasteiger partial charge on any atom is 0.233 e. The maximum absolute atomic E-state index is 13.8. The van der Waals surface area contributed by atoms with Gasteiger partial charge in [0.1, 0.15) is 11.6 Å². The minimum atomic E-state index is -0.624. The average molecular weight is 473 g/mol. The molecule has 0 bridgehead atoms. The molecule has 7 nitrogen and oxygen atoms in total. The molecule has 176 valence electrons. The lowest BCUT2D eigenvalue weighted by Gasteiger charge is -2.28. The summed E-state index contributed by atoms with van der Waals surface area (Å²) in [5.41, 5.74) is 8.77. The molecular formula is C24H30ClFN6O. The van der Waals surface area contributed by atoms with Crippen LogP contribution in [0, 0.1) is 12.7 Å². The molecule has 33 heavy (non-hydrogen) atoms. The number of halogens is 2. The van der Waals surface area contributed by atoms with E-state index >= 15 is 0 Å². The molecule has 3 aromatic rings. The van der Waals surface area contributed by atoms with Crippen molar-refractivity contribution in [3.05, 3.63) is 59.2 Å². The van der Waals surface area contributed by atoms with E-state index in [0.717, 1.165) is 60.6 Å². The van der Waals surface area contributed by atoms with E-state index in [1.165, 1.54) is 12.1 Å². The van der Waals surface area contributed by atoms with Crippen LogP contribution in [0.25, 0.3) is 5.65 Å². The number of hydrogen-bond acceptors (Lipinski definition) is 5. The SMILES string of the molecule is Cc1cn2nc([C@H](C)N(C)C(=O)C3(c4cccc(F)c4)CC3)cc2nc1N1CC[C@H](N)C1.Cl. The van der Waals surface area contributed by atoms with Gasteiger partial charge in [-0.15, -0.1) is 12.4 Å². The smallest absolute Gasteiger partial charge is 0.233 e. The molecule has 1 amide bonds. The van der Waals surface area contributed by atoms with E-state index in [0.29, 0.717) is 0 Å². The largest absolute Gasteiger partial charge is 0.355 e. The first-order valence-corrected chi connectivity index (χ1v) is 11.2. The Hall–Kier alpha value is -2.71. The lowest BCUT2D eigenvalue weighted by Crippen LogP contribution is -2.38. The first kappa shape index (κ1) is 23.4. The van der Waals surface area contributed by atoms with E-state index < -0.39 is 5.41 Å². The van der Waals surface area contributed by atoms with Crippen molar-refractivity contribution >= 4 is 29.8 Å². The van der Waals surface area contributed by atoms with Crippen molar-refractivity contribution in [1.82, 2.24) is 19.5 Å². The van der Waals surface area contributed by atoms with Crippen molar-refractivity contribution in [3.63, 3.8) is 0 Å². The van der Waals surface area contributed by atoms with Gasteiger partial charge in [0.2, 0.25) is 5.91 Å². The molecule has 1 aromatic carbocycles. The number of likely N-dealkylation sites (N-methyl/N-ethyl adjacent to an activating group) is 1. The fourth-order valence-corrected chi connectivity index (χ4v) is 4.77. The van der Waals surface area contributed by atoms with Crippen LogP contribution >= 0.6 is 12.4 Å². The van der Waals surface area contributed by atoms with Gasteiger partial charge in [-0.3, -0.25) is 4.79 Å². The molecule has 5 rings (SSSR count). The summed E-state index contributed by atoms with van der Waals surface area (Å²) < 4.78 is 15.6. The van der Waals surface area contributed by atoms with Gasteiger partial charge in [-0.25, -0.2) is 13.9 Å². The highest BCUT2D eigenvalue weighted by atomic mass is 35.5. The second-order valence-electron chi connectivity index (χ2n) is 9.30. The highest BCUT2D eigenvalue weighted by Crippen LogP contribution is 2.50. The summed E-state index contributed by atoms with van der Waals surface area (Å²) >= 11 is 0. The number of carbonyl (C=O) groups is 1. The van der Waals surface area contributed by atoms with Gasteiger partial charge in [-0.1, -0.05) is 12.1 Å². The lowest BCUT2D eigenvalue weighted by molar-refractivity contribution is -0.134. The Labute approximate surface area is 199 Å². The number of aryl methyl sites for hydroxylation is 1. The van der Waals surface area contributed by atoms with Crippen LogP contribution in [0.5, 0.6) is 0 Å². The van der Waals surface area contributed by atoms with Crippen LogP contribution in [-0.2, 0) is 10.2 Å². The Kier molecular flexibility index (Phi) is 6.09. The average Bonchev–Trinajstić information content (AvgIpc) is 3.31. The molecule has 2 aromatic heterocycles. The number of amides is 1. The number of nitrogens with zero attached hydrogens (tertiary/aromatic N) is 5. The van der Waals surface area contributed by atoms with Gasteiger partial charge in [-0.05, 0) is 50.8 Å². The zero-order chi connectivity index (χ0) is 22.6. The van der Waals surface area contributed by atoms with Crippen LogP contribution in [0.15, 0.2) is 36.5 Å². The third-order valence-electron chi connectivity index (χ3n) is 7.01. The normalized spacial score (nSPS) is 19.9. The topological polar surface area (TPSA) is 79.8 Å². The predicted octanol–water partition coefficient (Wildman–Crippen LogP) is 3.39. The minimum Gasteiger partial charge on any atom is -0.355 e. The van der Waals surface area contributed by atoms with Crippen molar-refractivity contribution in [3.8, 4) is 0 Å². The van der Waals surface area contributed by atoms with E-state index in [1.807, 2.05) is 32.2 Å². The fraction of sp³-hybridized carbons (Fsp3) is 0.458. The molecule has 1 aliphatic heterocycles. The fourth-order valence-electron chi connectivity index (χ4n) is 4.77. The molecule has 2 aliphatic rings. The molecule has 0 unspecified atom stereocenters. The molecule has 1 saturated carbocycles. The number of fused-ring (bicyclic) bond motifs is 1. The molecule has 3 heterocycles. The second-order valence-corrected chi connectivity index (χ2v) is 9.30. The Morgan fingerprint density at radius 1 is 1.33 bits per heavy atom. The second kappa shape index (κ2) is 8.57. The number of nitrogens with two attached hydrogens (primary N) is 1. The van der Waals surface area contributed by atoms with Crippen molar-refractivity contribution in [2.75, 3.05) is 25.0 Å². The zero-order valence-corrected chi connectivity index (χ0v) is 20.0. The first-order valence-electron chi connectivity index (χ1n) is 11.2. The maximum atomic E-state index is 13.8. The van der Waals surface area contributed by atoms with Crippen LogP contribution in [0.2, 0.25) is 0 Å². The van der Waals surface area contributed by atoms with Crippen molar-refractivity contribution in [2.24, 2.45) is 5.73 Å². The number of anilines is 1. The van der Waals surface area contributed by atoms with E-state index in [-0.39, 0.29) is 36.2 Å². The van der Waals surface area contributed by atoms with Crippen LogP contribution in [0.3, 0.4) is 0 Å². The van der Waals surface area contributed by atoms with E-state index in [1.54, 1.807) is 22.5 Å². The van der Waals surface area contributed by atoms with Gasteiger partial charge in [-0.2, -0.15) is 5.10 Å². The summed E-state index contributed by atoms with van der Waals surface area (Å²) in [6.07, 6.45) is 4.42. The number of aromatic nitrogens is 3. The standard InChI is InChI=1S/C24H29FN6O.ClH/c1-15-13-31-21(27-22(15)30-10-7-19(26)14-30)12-20(28-31)16(2)29(3)23(32)24(8-9-24)17-5-4-6-18(25)11-17;/h4-6,11-13,16,19H,7-10,14,26H2,1-3H3;1H/t16-,19-;/m0./s1. The molecular weight excluding hydrogens is 443 g/mol. The molecule has 9 heteroatoms. The summed E-state index contributed by atoms with van der Waals surface area (Å²) in [4.78, 5) is 22.2. The third-order valence-corrected chi connectivity index (χ3v) is 7.01. The molecule has 2 atom stereocenters. The van der Waals surface area contributed by atoms with Gasteiger partial charge in [0, 0.05) is 44.0 Å². The van der Waals surface area contributed by atoms with Gasteiger partial charge in [0.05, 0.1) is 17.2 Å². The monoisotopic (exact) mass is 472 g/mol. The molecule has 0 radical (unpaired) electrons. The van der Waals surface area contributed by atoms with Gasteiger partial charge >= 0.3 is 0 Å². The number of rotatable bonds is 5. The lowest BCUT2D eigenvalue weighted by atomic mass is 9.93. The Balaban J connectivity index is 0.00000259. The Bertz CT molecular complexity index is 1190. The summed E-state index contributed by atoms with van der Waals surface area (Å²) in [5, 5.41) is 4.71. The molecule has 2 N–H and O–H groups in total. The van der Waals surface area contributed by atoms with E-state index in [2.05, 4.69) is 4.90 Å². The summed E-state index contributed by atoms with van der Waals surface area (Å²) in [7, 11) is 1.80. The first-order chi connectivity index (χ1) is 15.3.